The predicted octanol–water partition coefficient (Wildman–Crippen LogP) is 2.42. The highest BCUT2D eigenvalue weighted by molar-refractivity contribution is 5.16. The Morgan fingerprint density at radius 1 is 1.69 bits per heavy atom. The van der Waals surface area contributed by atoms with E-state index in [0.717, 1.165) is 12.0 Å². The van der Waals surface area contributed by atoms with E-state index in [0.29, 0.717) is 18.6 Å². The van der Waals surface area contributed by atoms with Crippen LogP contribution in [0, 0.1) is 19.3 Å². The highest BCUT2D eigenvalue weighted by Gasteiger charge is 2.12. The summed E-state index contributed by atoms with van der Waals surface area (Å²) in [6.45, 7) is 1.92. The van der Waals surface area contributed by atoms with Crippen LogP contribution in [0.15, 0.2) is 16.7 Å². The van der Waals surface area contributed by atoms with Gasteiger partial charge in [-0.05, 0) is 31.4 Å². The first-order chi connectivity index (χ1) is 6.25. The highest BCUT2D eigenvalue weighted by atomic mass is 16.4. The van der Waals surface area contributed by atoms with Crippen LogP contribution in [0.1, 0.15) is 36.7 Å². The molecule has 0 fully saturated rings. The molecule has 1 N–H and O–H groups in total. The summed E-state index contributed by atoms with van der Waals surface area (Å²) in [5.74, 6) is 3.21. The van der Waals surface area contributed by atoms with Crippen molar-refractivity contribution in [3.05, 3.63) is 23.7 Å². The molecule has 0 aromatic carbocycles. The van der Waals surface area contributed by atoms with Crippen molar-refractivity contribution in [1.29, 1.82) is 0 Å². The van der Waals surface area contributed by atoms with Gasteiger partial charge in [0.2, 0.25) is 0 Å². The third-order valence-corrected chi connectivity index (χ3v) is 2.00. The fraction of sp³-hybridized carbons (Fsp3) is 0.455. The Kier molecular flexibility index (Phi) is 3.60. The second-order valence-corrected chi connectivity index (χ2v) is 3.08. The minimum atomic E-state index is -0.511. The average molecular weight is 178 g/mol. The van der Waals surface area contributed by atoms with E-state index >= 15 is 0 Å². The average Bonchev–Trinajstić information content (AvgIpc) is 2.52. The topological polar surface area (TPSA) is 33.4 Å². The number of aryl methyl sites for hydroxylation is 1. The van der Waals surface area contributed by atoms with Gasteiger partial charge < -0.3 is 9.52 Å². The predicted molar refractivity (Wildman–Crippen MR) is 51.1 cm³/mol. The summed E-state index contributed by atoms with van der Waals surface area (Å²) in [5, 5.41) is 9.65. The van der Waals surface area contributed by atoms with Crippen LogP contribution < -0.4 is 0 Å². The van der Waals surface area contributed by atoms with Gasteiger partial charge in [-0.1, -0.05) is 0 Å². The molecule has 0 radical (unpaired) electrons. The fourth-order valence-electron chi connectivity index (χ4n) is 1.25. The van der Waals surface area contributed by atoms with Crippen LogP contribution in [0.3, 0.4) is 0 Å². The quantitative estimate of drug-likeness (QED) is 0.567. The van der Waals surface area contributed by atoms with Crippen LogP contribution in [-0.2, 0) is 0 Å². The summed E-state index contributed by atoms with van der Waals surface area (Å²) < 4.78 is 5.16. The number of hydrogen-bond donors (Lipinski definition) is 1. The van der Waals surface area contributed by atoms with Crippen LogP contribution >= 0.6 is 0 Å². The van der Waals surface area contributed by atoms with Crippen molar-refractivity contribution in [1.82, 2.24) is 0 Å². The summed E-state index contributed by atoms with van der Waals surface area (Å²) >= 11 is 0. The number of terminal acetylenes is 1. The van der Waals surface area contributed by atoms with Gasteiger partial charge in [0.15, 0.2) is 0 Å². The van der Waals surface area contributed by atoms with E-state index in [9.17, 15) is 5.11 Å². The van der Waals surface area contributed by atoms with Gasteiger partial charge in [-0.25, -0.2) is 0 Å². The van der Waals surface area contributed by atoms with Crippen LogP contribution in [0.25, 0.3) is 0 Å². The van der Waals surface area contributed by atoms with Gasteiger partial charge in [0, 0.05) is 6.42 Å². The Balaban J connectivity index is 2.45. The lowest BCUT2D eigenvalue weighted by molar-refractivity contribution is 0.137. The Morgan fingerprint density at radius 3 is 3.00 bits per heavy atom. The Morgan fingerprint density at radius 2 is 2.46 bits per heavy atom. The minimum absolute atomic E-state index is 0.511. The molecule has 1 unspecified atom stereocenters. The zero-order valence-corrected chi connectivity index (χ0v) is 7.79. The molecule has 1 atom stereocenters. The maximum atomic E-state index is 9.65. The van der Waals surface area contributed by atoms with Crippen molar-refractivity contribution in [2.75, 3.05) is 0 Å². The molecule has 2 heteroatoms. The maximum absolute atomic E-state index is 9.65. The number of aliphatic hydroxyl groups excluding tert-OH is 1. The Labute approximate surface area is 78.6 Å². The number of rotatable bonds is 4. The standard InChI is InChI=1S/C11H14O2/c1-3-4-5-6-10(12)11-9(2)7-8-13-11/h1,7-8,10,12H,4-6H2,2H3. The second kappa shape index (κ2) is 4.74. The zero-order valence-electron chi connectivity index (χ0n) is 7.79. The number of furan rings is 1. The molecule has 0 bridgehead atoms. The Hall–Kier alpha value is -1.20. The summed E-state index contributed by atoms with van der Waals surface area (Å²) in [6, 6.07) is 1.85. The molecule has 2 nitrogen and oxygen atoms in total. The van der Waals surface area contributed by atoms with Gasteiger partial charge in [-0.2, -0.15) is 0 Å². The SMILES string of the molecule is C#CCCCC(O)c1occc1C. The van der Waals surface area contributed by atoms with Crippen LogP contribution in [-0.4, -0.2) is 5.11 Å². The number of unbranched alkanes of at least 4 members (excludes halogenated alkanes) is 1. The van der Waals surface area contributed by atoms with Gasteiger partial charge in [0.05, 0.1) is 6.26 Å². The summed E-state index contributed by atoms with van der Waals surface area (Å²) in [7, 11) is 0. The van der Waals surface area contributed by atoms with Crippen molar-refractivity contribution >= 4 is 0 Å². The van der Waals surface area contributed by atoms with E-state index in [1.807, 2.05) is 13.0 Å². The molecule has 70 valence electrons. The first-order valence-corrected chi connectivity index (χ1v) is 4.41. The second-order valence-electron chi connectivity index (χ2n) is 3.08. The van der Waals surface area contributed by atoms with Gasteiger partial charge in [0.1, 0.15) is 11.9 Å². The lowest BCUT2D eigenvalue weighted by Gasteiger charge is -2.06. The normalized spacial score (nSPS) is 12.4. The molecule has 1 aromatic heterocycles. The van der Waals surface area contributed by atoms with Gasteiger partial charge in [-0.15, -0.1) is 12.3 Å². The van der Waals surface area contributed by atoms with E-state index in [1.165, 1.54) is 0 Å². The van der Waals surface area contributed by atoms with Crippen LogP contribution in [0.5, 0.6) is 0 Å². The molecule has 13 heavy (non-hydrogen) atoms. The van der Waals surface area contributed by atoms with Crippen molar-refractivity contribution in [2.45, 2.75) is 32.3 Å². The summed E-state index contributed by atoms with van der Waals surface area (Å²) in [4.78, 5) is 0. The van der Waals surface area contributed by atoms with E-state index in [1.54, 1.807) is 6.26 Å². The first kappa shape index (κ1) is 9.88. The van der Waals surface area contributed by atoms with E-state index in [4.69, 9.17) is 10.8 Å². The molecule has 0 aliphatic rings. The van der Waals surface area contributed by atoms with Gasteiger partial charge >= 0.3 is 0 Å². The molecular weight excluding hydrogens is 164 g/mol. The number of aliphatic hydroxyl groups is 1. The first-order valence-electron chi connectivity index (χ1n) is 4.41. The summed E-state index contributed by atoms with van der Waals surface area (Å²) in [6.07, 6.45) is 8.39. The maximum Gasteiger partial charge on any atom is 0.135 e. The van der Waals surface area contributed by atoms with Gasteiger partial charge in [0.25, 0.3) is 0 Å². The Bertz CT molecular complexity index is 293. The molecule has 0 saturated carbocycles. The molecule has 0 aliphatic heterocycles. The third-order valence-electron chi connectivity index (χ3n) is 2.00. The highest BCUT2D eigenvalue weighted by Crippen LogP contribution is 2.22. The summed E-state index contributed by atoms with van der Waals surface area (Å²) in [5.41, 5.74) is 0.994. The van der Waals surface area contributed by atoms with Crippen molar-refractivity contribution < 1.29 is 9.52 Å². The van der Waals surface area contributed by atoms with E-state index in [-0.39, 0.29) is 0 Å². The third kappa shape index (κ3) is 2.64. The lowest BCUT2D eigenvalue weighted by atomic mass is 10.1. The van der Waals surface area contributed by atoms with Crippen molar-refractivity contribution in [3.63, 3.8) is 0 Å². The van der Waals surface area contributed by atoms with Gasteiger partial charge in [-0.3, -0.25) is 0 Å². The molecule has 0 saturated heterocycles. The molecule has 0 aliphatic carbocycles. The zero-order chi connectivity index (χ0) is 9.68. The van der Waals surface area contributed by atoms with Crippen LogP contribution in [0.4, 0.5) is 0 Å². The number of hydrogen-bond acceptors (Lipinski definition) is 2. The van der Waals surface area contributed by atoms with E-state index < -0.39 is 6.10 Å². The molecule has 0 spiro atoms. The molecule has 0 amide bonds. The van der Waals surface area contributed by atoms with Crippen molar-refractivity contribution in [3.8, 4) is 12.3 Å². The minimum Gasteiger partial charge on any atom is -0.466 e. The van der Waals surface area contributed by atoms with Crippen LogP contribution in [0.2, 0.25) is 0 Å². The fourth-order valence-corrected chi connectivity index (χ4v) is 1.25. The molecular formula is C11H14O2. The lowest BCUT2D eigenvalue weighted by Crippen LogP contribution is -1.97. The molecule has 1 rings (SSSR count). The monoisotopic (exact) mass is 178 g/mol. The van der Waals surface area contributed by atoms with E-state index in [2.05, 4.69) is 5.92 Å². The van der Waals surface area contributed by atoms with Crippen molar-refractivity contribution in [2.24, 2.45) is 0 Å². The molecule has 1 heterocycles. The largest absolute Gasteiger partial charge is 0.466 e. The molecule has 1 aromatic rings. The smallest absolute Gasteiger partial charge is 0.135 e.